The van der Waals surface area contributed by atoms with Gasteiger partial charge in [0.1, 0.15) is 0 Å². The van der Waals surface area contributed by atoms with Gasteiger partial charge in [0, 0.05) is 11.7 Å². The minimum Gasteiger partial charge on any atom is -0.344 e. The normalized spacial score (nSPS) is 19.4. The summed E-state index contributed by atoms with van der Waals surface area (Å²) >= 11 is 0. The quantitative estimate of drug-likeness (QED) is 0.805. The number of sulfone groups is 1. The zero-order chi connectivity index (χ0) is 16.4. The molecule has 1 aliphatic heterocycles. The van der Waals surface area contributed by atoms with Gasteiger partial charge in [0.05, 0.1) is 11.5 Å². The van der Waals surface area contributed by atoms with Gasteiger partial charge in [-0.1, -0.05) is 30.3 Å². The molecule has 1 fully saturated rings. The van der Waals surface area contributed by atoms with Crippen LogP contribution < -0.4 is 10.6 Å². The maximum Gasteiger partial charge on any atom is 0.313 e. The van der Waals surface area contributed by atoms with Crippen LogP contribution in [0.15, 0.2) is 42.5 Å². The number of rotatable bonds is 2. The van der Waals surface area contributed by atoms with Gasteiger partial charge in [0.2, 0.25) is 0 Å². The Kier molecular flexibility index (Phi) is 4.04. The van der Waals surface area contributed by atoms with Gasteiger partial charge in [0.25, 0.3) is 0 Å². The van der Waals surface area contributed by atoms with Crippen molar-refractivity contribution in [2.45, 2.75) is 12.5 Å². The van der Waals surface area contributed by atoms with Crippen molar-refractivity contribution in [3.8, 4) is 0 Å². The Morgan fingerprint density at radius 1 is 1.00 bits per heavy atom. The molecule has 1 heterocycles. The molecule has 23 heavy (non-hydrogen) atoms. The van der Waals surface area contributed by atoms with E-state index >= 15 is 0 Å². The Balaban J connectivity index is 1.64. The van der Waals surface area contributed by atoms with Crippen molar-refractivity contribution < 1.29 is 18.0 Å². The highest BCUT2D eigenvalue weighted by Crippen LogP contribution is 2.18. The molecule has 0 saturated carbocycles. The van der Waals surface area contributed by atoms with E-state index in [4.69, 9.17) is 0 Å². The number of amides is 2. The molecule has 2 aromatic carbocycles. The van der Waals surface area contributed by atoms with Crippen LogP contribution in [0, 0.1) is 0 Å². The second-order valence-electron chi connectivity index (χ2n) is 5.59. The van der Waals surface area contributed by atoms with Gasteiger partial charge in [0.15, 0.2) is 9.84 Å². The molecular formula is C16H16N2O4S. The molecule has 3 rings (SSSR count). The lowest BCUT2D eigenvalue weighted by Crippen LogP contribution is -2.42. The van der Waals surface area contributed by atoms with Crippen LogP contribution in [0.1, 0.15) is 6.42 Å². The largest absolute Gasteiger partial charge is 0.344 e. The van der Waals surface area contributed by atoms with Gasteiger partial charge < -0.3 is 10.6 Å². The monoisotopic (exact) mass is 332 g/mol. The molecule has 2 aromatic rings. The zero-order valence-corrected chi connectivity index (χ0v) is 13.1. The zero-order valence-electron chi connectivity index (χ0n) is 12.3. The Bertz CT molecular complexity index is 877. The SMILES string of the molecule is O=C(Nc1ccc2ccccc2c1)C(=O)NC1CCS(=O)(=O)C1. The van der Waals surface area contributed by atoms with Crippen LogP contribution in [-0.4, -0.2) is 37.8 Å². The van der Waals surface area contributed by atoms with Gasteiger partial charge >= 0.3 is 11.8 Å². The average Bonchev–Trinajstić information content (AvgIpc) is 2.86. The van der Waals surface area contributed by atoms with Crippen LogP contribution in [0.4, 0.5) is 5.69 Å². The first kappa shape index (κ1) is 15.5. The third-order valence-electron chi connectivity index (χ3n) is 3.78. The molecule has 2 amide bonds. The second kappa shape index (κ2) is 6.00. The molecule has 0 aliphatic carbocycles. The number of carbonyl (C=O) groups excluding carboxylic acids is 2. The summed E-state index contributed by atoms with van der Waals surface area (Å²) in [5.41, 5.74) is 0.517. The molecule has 0 bridgehead atoms. The van der Waals surface area contributed by atoms with Crippen LogP contribution in [0.5, 0.6) is 0 Å². The van der Waals surface area contributed by atoms with E-state index in [0.29, 0.717) is 12.1 Å². The standard InChI is InChI=1S/C16H16N2O4S/c19-15(16(20)18-14-7-8-23(21,22)10-14)17-13-6-5-11-3-1-2-4-12(11)9-13/h1-6,9,14H,7-8,10H2,(H,17,19)(H,18,20). The van der Waals surface area contributed by atoms with Crippen molar-refractivity contribution >= 4 is 38.1 Å². The van der Waals surface area contributed by atoms with Crippen LogP contribution in [0.2, 0.25) is 0 Å². The lowest BCUT2D eigenvalue weighted by Gasteiger charge is -2.11. The summed E-state index contributed by atoms with van der Waals surface area (Å²) in [6.07, 6.45) is 0.345. The molecule has 0 spiro atoms. The fourth-order valence-electron chi connectivity index (χ4n) is 2.61. The highest BCUT2D eigenvalue weighted by molar-refractivity contribution is 7.91. The molecule has 1 atom stereocenters. The van der Waals surface area contributed by atoms with Crippen molar-refractivity contribution in [2.24, 2.45) is 0 Å². The molecule has 6 nitrogen and oxygen atoms in total. The van der Waals surface area contributed by atoms with Crippen LogP contribution in [0.25, 0.3) is 10.8 Å². The summed E-state index contributed by atoms with van der Waals surface area (Å²) < 4.78 is 22.7. The predicted octanol–water partition coefficient (Wildman–Crippen LogP) is 1.08. The molecule has 120 valence electrons. The van der Waals surface area contributed by atoms with E-state index in [2.05, 4.69) is 10.6 Å². The molecule has 0 aromatic heterocycles. The number of carbonyl (C=O) groups is 2. The van der Waals surface area contributed by atoms with E-state index in [-0.39, 0.29) is 11.5 Å². The smallest absolute Gasteiger partial charge is 0.313 e. The van der Waals surface area contributed by atoms with Crippen LogP contribution >= 0.6 is 0 Å². The summed E-state index contributed by atoms with van der Waals surface area (Å²) in [5, 5.41) is 6.97. The van der Waals surface area contributed by atoms with Gasteiger partial charge in [-0.25, -0.2) is 8.42 Å². The second-order valence-corrected chi connectivity index (χ2v) is 7.82. The molecule has 2 N–H and O–H groups in total. The lowest BCUT2D eigenvalue weighted by molar-refractivity contribution is -0.136. The van der Waals surface area contributed by atoms with Crippen LogP contribution in [0.3, 0.4) is 0 Å². The Morgan fingerprint density at radius 3 is 2.43 bits per heavy atom. The third-order valence-corrected chi connectivity index (χ3v) is 5.55. The minimum absolute atomic E-state index is 0.0459. The summed E-state index contributed by atoms with van der Waals surface area (Å²) in [6.45, 7) is 0. The summed E-state index contributed by atoms with van der Waals surface area (Å²) in [4.78, 5) is 23.8. The summed E-state index contributed by atoms with van der Waals surface area (Å²) in [5.74, 6) is -1.68. The van der Waals surface area contributed by atoms with Crippen molar-refractivity contribution in [3.63, 3.8) is 0 Å². The van der Waals surface area contributed by atoms with Crippen LogP contribution in [-0.2, 0) is 19.4 Å². The number of hydrogen-bond acceptors (Lipinski definition) is 4. The van der Waals surface area contributed by atoms with Crippen molar-refractivity contribution in [1.29, 1.82) is 0 Å². The Morgan fingerprint density at radius 2 is 1.74 bits per heavy atom. The van der Waals surface area contributed by atoms with E-state index in [1.807, 2.05) is 30.3 Å². The highest BCUT2D eigenvalue weighted by Gasteiger charge is 2.30. The Hall–Kier alpha value is -2.41. The molecule has 1 aliphatic rings. The van der Waals surface area contributed by atoms with E-state index in [9.17, 15) is 18.0 Å². The molecule has 1 saturated heterocycles. The van der Waals surface area contributed by atoms with Gasteiger partial charge in [-0.15, -0.1) is 0 Å². The van der Waals surface area contributed by atoms with Crippen molar-refractivity contribution in [3.05, 3.63) is 42.5 Å². The molecule has 1 unspecified atom stereocenters. The maximum absolute atomic E-state index is 11.9. The van der Waals surface area contributed by atoms with E-state index in [1.54, 1.807) is 12.1 Å². The first-order chi connectivity index (χ1) is 10.9. The number of hydrogen-bond donors (Lipinski definition) is 2. The van der Waals surface area contributed by atoms with E-state index < -0.39 is 27.7 Å². The third kappa shape index (κ3) is 3.68. The average molecular weight is 332 g/mol. The first-order valence-electron chi connectivity index (χ1n) is 7.24. The summed E-state index contributed by atoms with van der Waals surface area (Å²) in [7, 11) is -3.10. The van der Waals surface area contributed by atoms with Crippen molar-refractivity contribution in [2.75, 3.05) is 16.8 Å². The lowest BCUT2D eigenvalue weighted by atomic mass is 10.1. The van der Waals surface area contributed by atoms with E-state index in [1.165, 1.54) is 0 Å². The predicted molar refractivity (Wildman–Crippen MR) is 87.8 cm³/mol. The topological polar surface area (TPSA) is 92.3 Å². The van der Waals surface area contributed by atoms with Crippen molar-refractivity contribution in [1.82, 2.24) is 5.32 Å². The molecule has 7 heteroatoms. The van der Waals surface area contributed by atoms with Gasteiger partial charge in [-0.2, -0.15) is 0 Å². The van der Waals surface area contributed by atoms with Gasteiger partial charge in [-0.05, 0) is 29.3 Å². The Labute approximate surface area is 133 Å². The fourth-order valence-corrected chi connectivity index (χ4v) is 4.29. The first-order valence-corrected chi connectivity index (χ1v) is 9.06. The number of nitrogens with one attached hydrogen (secondary N) is 2. The number of benzene rings is 2. The number of anilines is 1. The fraction of sp³-hybridized carbons (Fsp3) is 0.250. The minimum atomic E-state index is -3.10. The molecular weight excluding hydrogens is 316 g/mol. The summed E-state index contributed by atoms with van der Waals surface area (Å²) in [6, 6.07) is 12.5. The molecule has 0 radical (unpaired) electrons. The van der Waals surface area contributed by atoms with Gasteiger partial charge in [-0.3, -0.25) is 9.59 Å². The highest BCUT2D eigenvalue weighted by atomic mass is 32.2. The maximum atomic E-state index is 11.9. The number of fused-ring (bicyclic) bond motifs is 1. The van der Waals surface area contributed by atoms with E-state index in [0.717, 1.165) is 10.8 Å².